The summed E-state index contributed by atoms with van der Waals surface area (Å²) in [5.74, 6) is 0.744. The zero-order valence-electron chi connectivity index (χ0n) is 12.8. The van der Waals surface area contributed by atoms with Crippen molar-refractivity contribution in [2.45, 2.75) is 32.4 Å². The Morgan fingerprint density at radius 2 is 2.33 bits per heavy atom. The molecule has 0 aliphatic carbocycles. The van der Waals surface area contributed by atoms with Crippen LogP contribution in [0.2, 0.25) is 5.02 Å². The Morgan fingerprint density at radius 1 is 1.52 bits per heavy atom. The normalized spacial score (nSPS) is 21.2. The Balaban J connectivity index is 1.99. The molecule has 1 aliphatic heterocycles. The molecular weight excluding hydrogens is 288 g/mol. The first-order chi connectivity index (χ1) is 10.1. The van der Waals surface area contributed by atoms with Crippen molar-refractivity contribution >= 4 is 11.6 Å². The summed E-state index contributed by atoms with van der Waals surface area (Å²) in [4.78, 5) is 2.37. The van der Waals surface area contributed by atoms with Crippen molar-refractivity contribution in [1.29, 1.82) is 0 Å². The van der Waals surface area contributed by atoms with Crippen LogP contribution < -0.4 is 10.5 Å². The van der Waals surface area contributed by atoms with Gasteiger partial charge in [-0.15, -0.1) is 0 Å². The number of likely N-dealkylation sites (N-methyl/N-ethyl adjacent to an activating group) is 1. The molecule has 0 amide bonds. The largest absolute Gasteiger partial charge is 0.489 e. The third-order valence-corrected chi connectivity index (χ3v) is 3.97. The van der Waals surface area contributed by atoms with Crippen molar-refractivity contribution < 1.29 is 9.47 Å². The number of ether oxygens (including phenoxy) is 2. The molecule has 118 valence electrons. The fourth-order valence-electron chi connectivity index (χ4n) is 2.57. The summed E-state index contributed by atoms with van der Waals surface area (Å²) in [6.07, 6.45) is 0.848. The van der Waals surface area contributed by atoms with Crippen molar-refractivity contribution in [1.82, 2.24) is 4.90 Å². The van der Waals surface area contributed by atoms with Crippen molar-refractivity contribution in [3.63, 3.8) is 0 Å². The van der Waals surface area contributed by atoms with Gasteiger partial charge in [0.15, 0.2) is 0 Å². The summed E-state index contributed by atoms with van der Waals surface area (Å²) in [6.45, 7) is 8.37. The fraction of sp³-hybridized carbons (Fsp3) is 0.625. The van der Waals surface area contributed by atoms with Crippen LogP contribution in [0.4, 0.5) is 0 Å². The topological polar surface area (TPSA) is 47.7 Å². The van der Waals surface area contributed by atoms with Gasteiger partial charge in [0.1, 0.15) is 18.5 Å². The molecule has 0 aromatic heterocycles. The lowest BCUT2D eigenvalue weighted by Crippen LogP contribution is -2.44. The average molecular weight is 313 g/mol. The fourth-order valence-corrected chi connectivity index (χ4v) is 2.82. The molecule has 1 aromatic carbocycles. The van der Waals surface area contributed by atoms with Gasteiger partial charge in [0.05, 0.1) is 11.6 Å². The zero-order chi connectivity index (χ0) is 15.2. The Bertz CT molecular complexity index is 454. The van der Waals surface area contributed by atoms with Crippen molar-refractivity contribution in [3.05, 3.63) is 28.8 Å². The highest BCUT2D eigenvalue weighted by Gasteiger charge is 2.21. The first kappa shape index (κ1) is 16.6. The highest BCUT2D eigenvalue weighted by atomic mass is 35.5. The van der Waals surface area contributed by atoms with E-state index >= 15 is 0 Å². The Kier molecular flexibility index (Phi) is 6.30. The second-order valence-corrected chi connectivity index (χ2v) is 6.01. The van der Waals surface area contributed by atoms with Crippen LogP contribution in [0, 0.1) is 0 Å². The number of hydrogen-bond acceptors (Lipinski definition) is 4. The van der Waals surface area contributed by atoms with Gasteiger partial charge in [0.25, 0.3) is 0 Å². The molecule has 4 nitrogen and oxygen atoms in total. The standard InChI is InChI=1S/C16H25ClN2O2/c1-3-19-7-8-20-14(10-19)11-21-16-13(9-12(2)18)5-4-6-15(16)17/h4-6,12,14H,3,7-11,18H2,1-2H3. The quantitative estimate of drug-likeness (QED) is 0.876. The maximum atomic E-state index is 6.27. The summed E-state index contributed by atoms with van der Waals surface area (Å²) in [5, 5.41) is 0.635. The van der Waals surface area contributed by atoms with E-state index < -0.39 is 0 Å². The number of halogens is 1. The zero-order valence-corrected chi connectivity index (χ0v) is 13.6. The summed E-state index contributed by atoms with van der Waals surface area (Å²) >= 11 is 6.27. The SMILES string of the molecule is CCN1CCOC(COc2c(Cl)cccc2CC(C)N)C1. The molecule has 2 N–H and O–H groups in total. The molecule has 1 aromatic rings. The van der Waals surface area contributed by atoms with Gasteiger partial charge in [-0.2, -0.15) is 0 Å². The van der Waals surface area contributed by atoms with Crippen LogP contribution in [-0.4, -0.2) is 49.9 Å². The average Bonchev–Trinajstić information content (AvgIpc) is 2.46. The molecular formula is C16H25ClN2O2. The molecule has 1 heterocycles. The molecule has 0 bridgehead atoms. The third-order valence-electron chi connectivity index (χ3n) is 3.67. The molecule has 1 aliphatic rings. The second kappa shape index (κ2) is 7.99. The number of hydrogen-bond donors (Lipinski definition) is 1. The maximum Gasteiger partial charge on any atom is 0.141 e. The molecule has 1 saturated heterocycles. The van der Waals surface area contributed by atoms with Crippen LogP contribution in [-0.2, 0) is 11.2 Å². The predicted octanol–water partition coefficient (Wildman–Crippen LogP) is 2.33. The van der Waals surface area contributed by atoms with Gasteiger partial charge in [0, 0.05) is 19.1 Å². The summed E-state index contributed by atoms with van der Waals surface area (Å²) < 4.78 is 11.7. The Labute approximate surface area is 132 Å². The number of para-hydroxylation sites is 1. The molecule has 5 heteroatoms. The first-order valence-corrected chi connectivity index (χ1v) is 7.97. The number of nitrogens with two attached hydrogens (primary N) is 1. The van der Waals surface area contributed by atoms with E-state index in [1.807, 2.05) is 25.1 Å². The number of morpholine rings is 1. The maximum absolute atomic E-state index is 6.27. The Hall–Kier alpha value is -0.810. The van der Waals surface area contributed by atoms with E-state index in [2.05, 4.69) is 11.8 Å². The minimum absolute atomic E-state index is 0.0762. The van der Waals surface area contributed by atoms with Crippen LogP contribution in [0.15, 0.2) is 18.2 Å². The van der Waals surface area contributed by atoms with Crippen molar-refractivity contribution in [2.75, 3.05) is 32.8 Å². The highest BCUT2D eigenvalue weighted by molar-refractivity contribution is 6.32. The second-order valence-electron chi connectivity index (χ2n) is 5.61. The molecule has 0 spiro atoms. The smallest absolute Gasteiger partial charge is 0.141 e. The first-order valence-electron chi connectivity index (χ1n) is 7.59. The van der Waals surface area contributed by atoms with E-state index in [1.165, 1.54) is 0 Å². The van der Waals surface area contributed by atoms with Crippen LogP contribution in [0.25, 0.3) is 0 Å². The van der Waals surface area contributed by atoms with Gasteiger partial charge >= 0.3 is 0 Å². The highest BCUT2D eigenvalue weighted by Crippen LogP contribution is 2.29. The number of benzene rings is 1. The van der Waals surface area contributed by atoms with Gasteiger partial charge < -0.3 is 15.2 Å². The van der Waals surface area contributed by atoms with Crippen LogP contribution in [0.3, 0.4) is 0 Å². The summed E-state index contributed by atoms with van der Waals surface area (Å²) in [5.41, 5.74) is 6.94. The van der Waals surface area contributed by atoms with Crippen molar-refractivity contribution in [3.8, 4) is 5.75 Å². The Morgan fingerprint density at radius 3 is 3.05 bits per heavy atom. The van der Waals surface area contributed by atoms with Crippen LogP contribution in [0.1, 0.15) is 19.4 Å². The molecule has 0 radical (unpaired) electrons. The lowest BCUT2D eigenvalue weighted by Gasteiger charge is -2.32. The monoisotopic (exact) mass is 312 g/mol. The van der Waals surface area contributed by atoms with Gasteiger partial charge in [-0.3, -0.25) is 4.90 Å². The molecule has 2 unspecified atom stereocenters. The summed E-state index contributed by atoms with van der Waals surface area (Å²) in [6, 6.07) is 5.88. The van der Waals surface area contributed by atoms with E-state index in [0.717, 1.165) is 44.0 Å². The number of nitrogens with zero attached hydrogens (tertiary/aromatic N) is 1. The van der Waals surface area contributed by atoms with E-state index in [-0.39, 0.29) is 12.1 Å². The number of rotatable bonds is 6. The summed E-state index contributed by atoms with van der Waals surface area (Å²) in [7, 11) is 0. The van der Waals surface area contributed by atoms with Crippen molar-refractivity contribution in [2.24, 2.45) is 5.73 Å². The van der Waals surface area contributed by atoms with Gasteiger partial charge in [-0.25, -0.2) is 0 Å². The van der Waals surface area contributed by atoms with Crippen LogP contribution in [0.5, 0.6) is 5.75 Å². The lowest BCUT2D eigenvalue weighted by molar-refractivity contribution is -0.0465. The van der Waals surface area contributed by atoms with E-state index in [9.17, 15) is 0 Å². The minimum Gasteiger partial charge on any atom is -0.489 e. The molecule has 1 fully saturated rings. The van der Waals surface area contributed by atoms with E-state index in [0.29, 0.717) is 11.6 Å². The van der Waals surface area contributed by atoms with Gasteiger partial charge in [-0.05, 0) is 31.5 Å². The minimum atomic E-state index is 0.0762. The van der Waals surface area contributed by atoms with E-state index in [1.54, 1.807) is 0 Å². The molecule has 2 atom stereocenters. The predicted molar refractivity (Wildman–Crippen MR) is 86.2 cm³/mol. The van der Waals surface area contributed by atoms with Crippen LogP contribution >= 0.6 is 11.6 Å². The molecule has 21 heavy (non-hydrogen) atoms. The third kappa shape index (κ3) is 4.85. The van der Waals surface area contributed by atoms with Gasteiger partial charge in [-0.1, -0.05) is 30.7 Å². The molecule has 0 saturated carbocycles. The lowest BCUT2D eigenvalue weighted by atomic mass is 10.1. The van der Waals surface area contributed by atoms with Gasteiger partial charge in [0.2, 0.25) is 0 Å². The van der Waals surface area contributed by atoms with E-state index in [4.69, 9.17) is 26.8 Å². The molecule has 2 rings (SSSR count).